The number of rotatable bonds is 4. The van der Waals surface area contributed by atoms with Crippen molar-refractivity contribution in [2.75, 3.05) is 0 Å². The Hall–Kier alpha value is -0.753. The topological polar surface area (TPSA) is 60.7 Å². The molecule has 0 spiro atoms. The standard InChI is InChI=1S/C9H13FO3Si/c10-9-5-1-3-8(7-9)4-2-6-14(11,12)13/h1,3,5,7,11-13H,2,4,6H2. The van der Waals surface area contributed by atoms with Gasteiger partial charge in [0.2, 0.25) is 0 Å². The lowest BCUT2D eigenvalue weighted by Crippen LogP contribution is -2.34. The zero-order valence-corrected chi connectivity index (χ0v) is 8.65. The summed E-state index contributed by atoms with van der Waals surface area (Å²) in [7, 11) is -3.92. The number of aryl methyl sites for hydroxylation is 1. The molecule has 3 N–H and O–H groups in total. The van der Waals surface area contributed by atoms with E-state index in [0.29, 0.717) is 12.8 Å². The number of hydrogen-bond acceptors (Lipinski definition) is 3. The van der Waals surface area contributed by atoms with E-state index < -0.39 is 8.80 Å². The fourth-order valence-corrected chi connectivity index (χ4v) is 1.87. The van der Waals surface area contributed by atoms with Gasteiger partial charge in [-0.2, -0.15) is 0 Å². The molecule has 14 heavy (non-hydrogen) atoms. The molecule has 0 aliphatic heterocycles. The zero-order chi connectivity index (χ0) is 10.6. The monoisotopic (exact) mass is 216 g/mol. The van der Waals surface area contributed by atoms with E-state index in [2.05, 4.69) is 0 Å². The average molecular weight is 216 g/mol. The molecule has 0 atom stereocenters. The average Bonchev–Trinajstić information content (AvgIpc) is 2.01. The summed E-state index contributed by atoms with van der Waals surface area (Å²) in [6.07, 6.45) is 0.980. The summed E-state index contributed by atoms with van der Waals surface area (Å²) >= 11 is 0. The summed E-state index contributed by atoms with van der Waals surface area (Å²) in [5.74, 6) is -0.303. The molecular weight excluding hydrogens is 203 g/mol. The minimum atomic E-state index is -3.92. The van der Waals surface area contributed by atoms with E-state index in [-0.39, 0.29) is 11.9 Å². The predicted molar refractivity (Wildman–Crippen MR) is 51.9 cm³/mol. The van der Waals surface area contributed by atoms with Crippen molar-refractivity contribution in [1.82, 2.24) is 0 Å². The van der Waals surface area contributed by atoms with Crippen LogP contribution in [-0.2, 0) is 6.42 Å². The third-order valence-corrected chi connectivity index (χ3v) is 2.89. The molecule has 0 aliphatic rings. The van der Waals surface area contributed by atoms with Crippen LogP contribution in [0.4, 0.5) is 4.39 Å². The molecule has 5 heteroatoms. The van der Waals surface area contributed by atoms with E-state index in [1.807, 2.05) is 0 Å². The van der Waals surface area contributed by atoms with Gasteiger partial charge in [-0.25, -0.2) is 4.39 Å². The van der Waals surface area contributed by atoms with Gasteiger partial charge >= 0.3 is 8.80 Å². The highest BCUT2D eigenvalue weighted by atomic mass is 28.4. The third-order valence-electron chi connectivity index (χ3n) is 1.87. The van der Waals surface area contributed by atoms with Crippen LogP contribution in [0.25, 0.3) is 0 Å². The molecular formula is C9H13FO3Si. The van der Waals surface area contributed by atoms with Crippen molar-refractivity contribution < 1.29 is 18.8 Å². The summed E-state index contributed by atoms with van der Waals surface area (Å²) in [4.78, 5) is 26.2. The highest BCUT2D eigenvalue weighted by Gasteiger charge is 2.25. The Morgan fingerprint density at radius 1 is 1.21 bits per heavy atom. The normalized spacial score (nSPS) is 11.7. The molecule has 1 rings (SSSR count). The van der Waals surface area contributed by atoms with Crippen LogP contribution in [0.15, 0.2) is 24.3 Å². The van der Waals surface area contributed by atoms with E-state index in [4.69, 9.17) is 14.4 Å². The van der Waals surface area contributed by atoms with Crippen LogP contribution in [0.3, 0.4) is 0 Å². The molecule has 1 aromatic rings. The Morgan fingerprint density at radius 3 is 2.50 bits per heavy atom. The van der Waals surface area contributed by atoms with Crippen LogP contribution in [0, 0.1) is 5.82 Å². The second-order valence-corrected chi connectivity index (χ2v) is 5.31. The predicted octanol–water partition coefficient (Wildman–Crippen LogP) is 0.674. The first-order valence-electron chi connectivity index (χ1n) is 4.39. The Labute approximate surface area is 82.8 Å². The van der Waals surface area contributed by atoms with Crippen LogP contribution in [-0.4, -0.2) is 23.2 Å². The maximum Gasteiger partial charge on any atom is 0.492 e. The SMILES string of the molecule is O[Si](O)(O)CCCc1cccc(F)c1. The van der Waals surface area contributed by atoms with Gasteiger partial charge in [0.25, 0.3) is 0 Å². The first-order chi connectivity index (χ1) is 6.47. The lowest BCUT2D eigenvalue weighted by molar-refractivity contribution is 0.226. The molecule has 0 heterocycles. The fraction of sp³-hybridized carbons (Fsp3) is 0.333. The van der Waals surface area contributed by atoms with Gasteiger partial charge in [0.05, 0.1) is 0 Å². The van der Waals surface area contributed by atoms with Crippen molar-refractivity contribution >= 4 is 8.80 Å². The first kappa shape index (κ1) is 11.3. The summed E-state index contributed by atoms with van der Waals surface area (Å²) in [5.41, 5.74) is 0.795. The minimum Gasteiger partial charge on any atom is -0.390 e. The minimum absolute atomic E-state index is 0.0104. The molecule has 0 amide bonds. The van der Waals surface area contributed by atoms with Gasteiger partial charge in [-0.1, -0.05) is 12.1 Å². The molecule has 0 aliphatic carbocycles. The van der Waals surface area contributed by atoms with Crippen LogP contribution in [0.5, 0.6) is 0 Å². The van der Waals surface area contributed by atoms with E-state index in [1.54, 1.807) is 12.1 Å². The zero-order valence-electron chi connectivity index (χ0n) is 7.65. The van der Waals surface area contributed by atoms with E-state index in [0.717, 1.165) is 5.56 Å². The van der Waals surface area contributed by atoms with Gasteiger partial charge in [0.15, 0.2) is 0 Å². The molecule has 3 nitrogen and oxygen atoms in total. The summed E-state index contributed by atoms with van der Waals surface area (Å²) in [5, 5.41) is 0. The largest absolute Gasteiger partial charge is 0.492 e. The Kier molecular flexibility index (Phi) is 3.76. The van der Waals surface area contributed by atoms with Gasteiger partial charge in [0.1, 0.15) is 5.82 Å². The van der Waals surface area contributed by atoms with Crippen molar-refractivity contribution in [2.45, 2.75) is 18.9 Å². The molecule has 1 aromatic carbocycles. The van der Waals surface area contributed by atoms with Crippen molar-refractivity contribution in [1.29, 1.82) is 0 Å². The summed E-state index contributed by atoms with van der Waals surface area (Å²) in [6, 6.07) is 6.11. The van der Waals surface area contributed by atoms with Crippen molar-refractivity contribution in [3.8, 4) is 0 Å². The molecule has 0 fully saturated rings. The molecule has 78 valence electrons. The van der Waals surface area contributed by atoms with Gasteiger partial charge < -0.3 is 14.4 Å². The third kappa shape index (κ3) is 4.47. The van der Waals surface area contributed by atoms with Crippen molar-refractivity contribution in [3.05, 3.63) is 35.6 Å². The van der Waals surface area contributed by atoms with Crippen molar-refractivity contribution in [2.24, 2.45) is 0 Å². The maximum atomic E-state index is 12.7. The molecule has 0 saturated heterocycles. The quantitative estimate of drug-likeness (QED) is 0.648. The highest BCUT2D eigenvalue weighted by molar-refractivity contribution is 6.56. The Morgan fingerprint density at radius 2 is 1.93 bits per heavy atom. The lowest BCUT2D eigenvalue weighted by Gasteiger charge is -2.08. The second-order valence-electron chi connectivity index (χ2n) is 3.26. The number of benzene rings is 1. The molecule has 0 radical (unpaired) electrons. The number of hydrogen-bond donors (Lipinski definition) is 3. The number of halogens is 1. The van der Waals surface area contributed by atoms with Gasteiger partial charge in [0, 0.05) is 6.04 Å². The lowest BCUT2D eigenvalue weighted by atomic mass is 10.1. The van der Waals surface area contributed by atoms with Crippen LogP contribution in [0.1, 0.15) is 12.0 Å². The summed E-state index contributed by atoms with van der Waals surface area (Å²) in [6.45, 7) is 0. The summed E-state index contributed by atoms with van der Waals surface area (Å²) < 4.78 is 12.7. The van der Waals surface area contributed by atoms with Gasteiger partial charge in [-0.15, -0.1) is 0 Å². The fourth-order valence-electron chi connectivity index (χ4n) is 1.22. The van der Waals surface area contributed by atoms with Gasteiger partial charge in [-0.3, -0.25) is 0 Å². The highest BCUT2D eigenvalue weighted by Crippen LogP contribution is 2.10. The van der Waals surface area contributed by atoms with E-state index >= 15 is 0 Å². The molecule has 0 bridgehead atoms. The van der Waals surface area contributed by atoms with Crippen LogP contribution < -0.4 is 0 Å². The maximum absolute atomic E-state index is 12.7. The molecule has 0 saturated carbocycles. The molecule has 0 aromatic heterocycles. The molecule has 0 unspecified atom stereocenters. The van der Waals surface area contributed by atoms with E-state index in [9.17, 15) is 4.39 Å². The van der Waals surface area contributed by atoms with Crippen LogP contribution in [0.2, 0.25) is 6.04 Å². The van der Waals surface area contributed by atoms with E-state index in [1.165, 1.54) is 12.1 Å². The Bertz CT molecular complexity index is 298. The smallest absolute Gasteiger partial charge is 0.390 e. The van der Waals surface area contributed by atoms with Gasteiger partial charge in [-0.05, 0) is 30.5 Å². The first-order valence-corrected chi connectivity index (χ1v) is 6.44. The van der Waals surface area contributed by atoms with Crippen molar-refractivity contribution in [3.63, 3.8) is 0 Å². The Balaban J connectivity index is 2.39. The second kappa shape index (κ2) is 4.65. The van der Waals surface area contributed by atoms with Crippen LogP contribution >= 0.6 is 0 Å².